The third-order valence-electron chi connectivity index (χ3n) is 4.66. The summed E-state index contributed by atoms with van der Waals surface area (Å²) in [4.78, 5) is 25.4. The first-order valence-electron chi connectivity index (χ1n) is 9.39. The van der Waals surface area contributed by atoms with Crippen molar-refractivity contribution in [3.05, 3.63) is 100 Å². The summed E-state index contributed by atoms with van der Waals surface area (Å²) in [5.41, 5.74) is 5.43. The highest BCUT2D eigenvalue weighted by Gasteiger charge is 2.10. The van der Waals surface area contributed by atoms with Crippen molar-refractivity contribution in [2.24, 2.45) is 5.10 Å². The van der Waals surface area contributed by atoms with E-state index in [-0.39, 0.29) is 11.8 Å². The molecule has 1 aromatic heterocycles. The first kappa shape index (κ1) is 19.5. The van der Waals surface area contributed by atoms with Crippen LogP contribution in [0.2, 0.25) is 0 Å². The molecule has 0 fully saturated rings. The average molecular weight is 414 g/mol. The Morgan fingerprint density at radius 3 is 2.37 bits per heavy atom. The lowest BCUT2D eigenvalue weighted by atomic mass is 10.0. The number of amides is 2. The zero-order chi connectivity index (χ0) is 20.9. The molecule has 2 N–H and O–H groups in total. The van der Waals surface area contributed by atoms with E-state index < -0.39 is 0 Å². The number of anilines is 1. The van der Waals surface area contributed by atoms with Crippen LogP contribution in [0.1, 0.15) is 32.5 Å². The highest BCUT2D eigenvalue weighted by Crippen LogP contribution is 2.18. The molecule has 5 nitrogen and oxygen atoms in total. The molecule has 4 rings (SSSR count). The van der Waals surface area contributed by atoms with Gasteiger partial charge in [-0.3, -0.25) is 9.59 Å². The van der Waals surface area contributed by atoms with Gasteiger partial charge in [0, 0.05) is 11.3 Å². The smallest absolute Gasteiger partial charge is 0.272 e. The van der Waals surface area contributed by atoms with Crippen molar-refractivity contribution < 1.29 is 9.59 Å². The lowest BCUT2D eigenvalue weighted by molar-refractivity contribution is 0.0955. The third-order valence-corrected chi connectivity index (χ3v) is 5.53. The lowest BCUT2D eigenvalue weighted by Crippen LogP contribution is -2.19. The van der Waals surface area contributed by atoms with E-state index in [0.717, 1.165) is 16.3 Å². The highest BCUT2D eigenvalue weighted by atomic mass is 32.1. The number of hydrogen-bond donors (Lipinski definition) is 2. The van der Waals surface area contributed by atoms with Gasteiger partial charge in [-0.2, -0.15) is 5.10 Å². The number of carbonyl (C=O) groups excluding carboxylic acids is 2. The summed E-state index contributed by atoms with van der Waals surface area (Å²) in [6.07, 6.45) is 0. The fourth-order valence-corrected chi connectivity index (χ4v) is 3.70. The van der Waals surface area contributed by atoms with E-state index in [1.807, 2.05) is 79.0 Å². The van der Waals surface area contributed by atoms with Crippen LogP contribution in [0.4, 0.5) is 5.69 Å². The van der Waals surface area contributed by atoms with Gasteiger partial charge in [-0.25, -0.2) is 5.43 Å². The molecule has 0 saturated heterocycles. The van der Waals surface area contributed by atoms with Gasteiger partial charge in [0.15, 0.2) is 0 Å². The van der Waals surface area contributed by atoms with Gasteiger partial charge in [-0.15, -0.1) is 11.3 Å². The minimum Gasteiger partial charge on any atom is -0.321 e. The van der Waals surface area contributed by atoms with Crippen molar-refractivity contribution in [3.8, 4) is 0 Å². The second-order valence-electron chi connectivity index (χ2n) is 6.67. The number of thiophene rings is 1. The molecule has 0 saturated carbocycles. The van der Waals surface area contributed by atoms with Crippen LogP contribution in [0.25, 0.3) is 10.8 Å². The van der Waals surface area contributed by atoms with Crippen LogP contribution in [0.15, 0.2) is 89.3 Å². The van der Waals surface area contributed by atoms with Crippen molar-refractivity contribution in [2.45, 2.75) is 6.92 Å². The molecule has 1 heterocycles. The quantitative estimate of drug-likeness (QED) is 0.344. The monoisotopic (exact) mass is 413 g/mol. The molecule has 3 aromatic carbocycles. The highest BCUT2D eigenvalue weighted by molar-refractivity contribution is 7.12. The fraction of sp³-hybridized carbons (Fsp3) is 0.0417. The summed E-state index contributed by atoms with van der Waals surface area (Å²) >= 11 is 1.39. The van der Waals surface area contributed by atoms with Crippen molar-refractivity contribution in [1.29, 1.82) is 0 Å². The summed E-state index contributed by atoms with van der Waals surface area (Å²) < 4.78 is 0. The molecule has 6 heteroatoms. The maximum absolute atomic E-state index is 12.6. The largest absolute Gasteiger partial charge is 0.321 e. The minimum atomic E-state index is -0.258. The number of benzene rings is 3. The van der Waals surface area contributed by atoms with Gasteiger partial charge < -0.3 is 5.32 Å². The van der Waals surface area contributed by atoms with E-state index in [9.17, 15) is 9.59 Å². The van der Waals surface area contributed by atoms with Gasteiger partial charge in [0.2, 0.25) is 0 Å². The second-order valence-corrected chi connectivity index (χ2v) is 7.62. The van der Waals surface area contributed by atoms with E-state index in [1.54, 1.807) is 12.1 Å². The Morgan fingerprint density at radius 2 is 1.60 bits per heavy atom. The first-order valence-corrected chi connectivity index (χ1v) is 10.3. The van der Waals surface area contributed by atoms with Crippen LogP contribution in [-0.4, -0.2) is 17.5 Å². The van der Waals surface area contributed by atoms with Crippen LogP contribution in [0.5, 0.6) is 0 Å². The number of hydrazone groups is 1. The molecule has 0 bridgehead atoms. The fourth-order valence-electron chi connectivity index (χ4n) is 3.08. The summed E-state index contributed by atoms with van der Waals surface area (Å²) in [5.74, 6) is -0.392. The molecule has 0 spiro atoms. The number of nitrogens with one attached hydrogen (secondary N) is 2. The van der Waals surface area contributed by atoms with Crippen molar-refractivity contribution >= 4 is 45.3 Å². The molecule has 30 heavy (non-hydrogen) atoms. The Hall–Kier alpha value is -3.77. The van der Waals surface area contributed by atoms with Gasteiger partial charge in [0.05, 0.1) is 10.6 Å². The van der Waals surface area contributed by atoms with Crippen LogP contribution < -0.4 is 10.7 Å². The molecule has 148 valence electrons. The molecule has 2 amide bonds. The zero-order valence-electron chi connectivity index (χ0n) is 16.3. The van der Waals surface area contributed by atoms with E-state index in [1.165, 1.54) is 11.3 Å². The van der Waals surface area contributed by atoms with Gasteiger partial charge >= 0.3 is 0 Å². The molecule has 0 aliphatic heterocycles. The van der Waals surface area contributed by atoms with Gasteiger partial charge in [-0.05, 0) is 52.9 Å². The SMILES string of the molecule is C/C(=N/NC(=O)c1cccc2ccccc12)c1ccc(NC(=O)c2cccs2)cc1. The Bertz CT molecular complexity index is 1220. The molecular formula is C24H19N3O2S. The van der Waals surface area contributed by atoms with E-state index in [4.69, 9.17) is 0 Å². The summed E-state index contributed by atoms with van der Waals surface area (Å²) in [6, 6.07) is 24.3. The minimum absolute atomic E-state index is 0.134. The molecule has 0 radical (unpaired) electrons. The maximum Gasteiger partial charge on any atom is 0.272 e. The molecule has 4 aromatic rings. The molecular weight excluding hydrogens is 394 g/mol. The Kier molecular flexibility index (Phi) is 5.68. The zero-order valence-corrected chi connectivity index (χ0v) is 17.1. The van der Waals surface area contributed by atoms with Crippen molar-refractivity contribution in [1.82, 2.24) is 5.43 Å². The number of carbonyl (C=O) groups is 2. The standard InChI is InChI=1S/C24H19N3O2S/c1-16(17-11-13-19(14-12-17)25-24(29)22-10-5-15-30-22)26-27-23(28)21-9-4-7-18-6-2-3-8-20(18)21/h2-15H,1H3,(H,25,29)(H,27,28)/b26-16-. The summed E-state index contributed by atoms with van der Waals surface area (Å²) in [7, 11) is 0. The maximum atomic E-state index is 12.6. The Morgan fingerprint density at radius 1 is 0.833 bits per heavy atom. The normalized spacial score (nSPS) is 11.3. The molecule has 0 aliphatic rings. The Labute approximate surface area is 178 Å². The summed E-state index contributed by atoms with van der Waals surface area (Å²) in [6.45, 7) is 1.82. The van der Waals surface area contributed by atoms with E-state index in [2.05, 4.69) is 15.8 Å². The number of nitrogens with zero attached hydrogens (tertiary/aromatic N) is 1. The first-order chi connectivity index (χ1) is 14.6. The van der Waals surface area contributed by atoms with E-state index in [0.29, 0.717) is 21.8 Å². The predicted octanol–water partition coefficient (Wildman–Crippen LogP) is 5.31. The van der Waals surface area contributed by atoms with Gasteiger partial charge in [0.1, 0.15) is 0 Å². The third kappa shape index (κ3) is 4.29. The number of hydrogen-bond acceptors (Lipinski definition) is 4. The van der Waals surface area contributed by atoms with Crippen LogP contribution >= 0.6 is 11.3 Å². The number of rotatable bonds is 5. The van der Waals surface area contributed by atoms with Crippen LogP contribution in [0.3, 0.4) is 0 Å². The van der Waals surface area contributed by atoms with Gasteiger partial charge in [0.25, 0.3) is 11.8 Å². The van der Waals surface area contributed by atoms with E-state index >= 15 is 0 Å². The van der Waals surface area contributed by atoms with Crippen molar-refractivity contribution in [2.75, 3.05) is 5.32 Å². The lowest BCUT2D eigenvalue weighted by Gasteiger charge is -2.07. The number of fused-ring (bicyclic) bond motifs is 1. The Balaban J connectivity index is 1.44. The molecule has 0 aliphatic carbocycles. The predicted molar refractivity (Wildman–Crippen MR) is 122 cm³/mol. The second kappa shape index (κ2) is 8.71. The van der Waals surface area contributed by atoms with Crippen LogP contribution in [-0.2, 0) is 0 Å². The van der Waals surface area contributed by atoms with Gasteiger partial charge in [-0.1, -0.05) is 54.6 Å². The van der Waals surface area contributed by atoms with Crippen LogP contribution in [0, 0.1) is 0 Å². The topological polar surface area (TPSA) is 70.6 Å². The average Bonchev–Trinajstić information content (AvgIpc) is 3.32. The van der Waals surface area contributed by atoms with Crippen molar-refractivity contribution in [3.63, 3.8) is 0 Å². The summed E-state index contributed by atoms with van der Waals surface area (Å²) in [5, 5.41) is 10.9. The molecule has 0 atom stereocenters. The molecule has 0 unspecified atom stereocenters.